The van der Waals surface area contributed by atoms with Crippen LogP contribution in [0.15, 0.2) is 76.7 Å². The fourth-order valence-corrected chi connectivity index (χ4v) is 3.25. The van der Waals surface area contributed by atoms with E-state index < -0.39 is 10.0 Å². The van der Waals surface area contributed by atoms with Crippen molar-refractivity contribution in [3.8, 4) is 5.69 Å². The third-order valence-corrected chi connectivity index (χ3v) is 4.67. The Morgan fingerprint density at radius 2 is 1.75 bits per heavy atom. The van der Waals surface area contributed by atoms with Crippen molar-refractivity contribution in [1.29, 1.82) is 0 Å². The van der Waals surface area contributed by atoms with Crippen LogP contribution in [0.2, 0.25) is 0 Å². The molecular weight excluding hydrogens is 344 g/mol. The number of isothiocyanates is 1. The molecule has 0 radical (unpaired) electrons. The molecule has 0 atom stereocenters. The first-order valence-electron chi connectivity index (χ1n) is 6.90. The average Bonchev–Trinajstić information content (AvgIpc) is 3.04. The van der Waals surface area contributed by atoms with Crippen LogP contribution in [-0.4, -0.2) is 23.4 Å². The molecule has 3 rings (SSSR count). The van der Waals surface area contributed by atoms with Gasteiger partial charge in [0.25, 0.3) is 10.0 Å². The Bertz CT molecular complexity index is 990. The summed E-state index contributed by atoms with van der Waals surface area (Å²) in [5.41, 5.74) is 1.30. The van der Waals surface area contributed by atoms with Crippen LogP contribution in [0.5, 0.6) is 0 Å². The van der Waals surface area contributed by atoms with Gasteiger partial charge in [0.1, 0.15) is 5.82 Å². The summed E-state index contributed by atoms with van der Waals surface area (Å²) in [4.78, 5) is 3.91. The predicted octanol–water partition coefficient (Wildman–Crippen LogP) is 3.41. The molecule has 0 fully saturated rings. The van der Waals surface area contributed by atoms with Gasteiger partial charge in [-0.3, -0.25) is 4.72 Å². The first-order valence-corrected chi connectivity index (χ1v) is 8.79. The van der Waals surface area contributed by atoms with Gasteiger partial charge in [0.15, 0.2) is 0 Å². The predicted molar refractivity (Wildman–Crippen MR) is 95.5 cm³/mol. The van der Waals surface area contributed by atoms with Crippen molar-refractivity contribution in [2.24, 2.45) is 4.99 Å². The molecule has 0 aliphatic rings. The summed E-state index contributed by atoms with van der Waals surface area (Å²) in [6.07, 6.45) is 1.53. The van der Waals surface area contributed by atoms with Crippen molar-refractivity contribution >= 4 is 38.9 Å². The highest BCUT2D eigenvalue weighted by atomic mass is 32.2. The smallest absolute Gasteiger partial charge is 0.263 e. The van der Waals surface area contributed by atoms with Crippen LogP contribution >= 0.6 is 12.2 Å². The zero-order chi connectivity index (χ0) is 17.0. The molecule has 0 bridgehead atoms. The number of sulfonamides is 1. The minimum Gasteiger partial charge on any atom is -0.263 e. The summed E-state index contributed by atoms with van der Waals surface area (Å²) in [6.45, 7) is 0. The topological polar surface area (TPSA) is 76.3 Å². The summed E-state index contributed by atoms with van der Waals surface area (Å²) in [7, 11) is -3.74. The number of para-hydroxylation sites is 1. The quantitative estimate of drug-likeness (QED) is 0.561. The molecule has 120 valence electrons. The van der Waals surface area contributed by atoms with Crippen molar-refractivity contribution in [2.45, 2.75) is 4.90 Å². The molecule has 8 heteroatoms. The molecule has 0 saturated carbocycles. The Balaban J connectivity index is 1.91. The maximum Gasteiger partial charge on any atom is 0.263 e. The second kappa shape index (κ2) is 6.76. The minimum atomic E-state index is -3.74. The molecule has 24 heavy (non-hydrogen) atoms. The van der Waals surface area contributed by atoms with E-state index in [1.807, 2.05) is 30.3 Å². The number of nitrogens with zero attached hydrogens (tertiary/aromatic N) is 3. The van der Waals surface area contributed by atoms with E-state index in [0.717, 1.165) is 5.69 Å². The van der Waals surface area contributed by atoms with Gasteiger partial charge in [0, 0.05) is 6.07 Å². The van der Waals surface area contributed by atoms with Gasteiger partial charge in [0.05, 0.1) is 27.6 Å². The summed E-state index contributed by atoms with van der Waals surface area (Å²) < 4.78 is 29.1. The van der Waals surface area contributed by atoms with E-state index in [9.17, 15) is 8.42 Å². The third-order valence-electron chi connectivity index (χ3n) is 3.20. The highest BCUT2D eigenvalue weighted by Gasteiger charge is 2.17. The Hall–Kier alpha value is -2.80. The fourth-order valence-electron chi connectivity index (χ4n) is 2.10. The number of anilines is 1. The number of rotatable bonds is 5. The molecule has 1 heterocycles. The van der Waals surface area contributed by atoms with Crippen molar-refractivity contribution in [3.05, 3.63) is 66.9 Å². The third kappa shape index (κ3) is 3.41. The molecule has 6 nitrogen and oxygen atoms in total. The summed E-state index contributed by atoms with van der Waals surface area (Å²) in [5, 5.41) is 6.39. The summed E-state index contributed by atoms with van der Waals surface area (Å²) in [5.74, 6) is 0.349. The molecule has 1 N–H and O–H groups in total. The van der Waals surface area contributed by atoms with Gasteiger partial charge in [-0.25, -0.2) is 13.1 Å². The molecule has 0 unspecified atom stereocenters. The Morgan fingerprint density at radius 1 is 1.04 bits per heavy atom. The van der Waals surface area contributed by atoms with Crippen LogP contribution in [0, 0.1) is 0 Å². The number of aliphatic imine (C=N–C) groups is 1. The molecular formula is C16H12N4O2S2. The van der Waals surface area contributed by atoms with Gasteiger partial charge in [-0.1, -0.05) is 18.2 Å². The zero-order valence-electron chi connectivity index (χ0n) is 12.3. The Labute approximate surface area is 144 Å². The van der Waals surface area contributed by atoms with Crippen LogP contribution in [-0.2, 0) is 10.0 Å². The van der Waals surface area contributed by atoms with Gasteiger partial charge in [-0.05, 0) is 48.6 Å². The zero-order valence-corrected chi connectivity index (χ0v) is 14.0. The van der Waals surface area contributed by atoms with E-state index in [-0.39, 0.29) is 4.90 Å². The lowest BCUT2D eigenvalue weighted by Crippen LogP contribution is -2.15. The monoisotopic (exact) mass is 356 g/mol. The van der Waals surface area contributed by atoms with Gasteiger partial charge < -0.3 is 0 Å². The van der Waals surface area contributed by atoms with Crippen LogP contribution in [0.25, 0.3) is 5.69 Å². The number of benzene rings is 2. The number of nitrogens with one attached hydrogen (secondary N) is 1. The van der Waals surface area contributed by atoms with Crippen LogP contribution in [0.3, 0.4) is 0 Å². The maximum atomic E-state index is 12.5. The van der Waals surface area contributed by atoms with E-state index in [1.54, 1.807) is 18.2 Å². The molecule has 3 aromatic rings. The molecule has 0 aliphatic heterocycles. The van der Waals surface area contributed by atoms with Gasteiger partial charge in [0.2, 0.25) is 0 Å². The lowest BCUT2D eigenvalue weighted by Gasteiger charge is -2.10. The molecule has 0 amide bonds. The highest BCUT2D eigenvalue weighted by Crippen LogP contribution is 2.21. The summed E-state index contributed by atoms with van der Waals surface area (Å²) >= 11 is 4.52. The van der Waals surface area contributed by atoms with Gasteiger partial charge in [-0.2, -0.15) is 10.1 Å². The lowest BCUT2D eigenvalue weighted by molar-refractivity contribution is 0.600. The van der Waals surface area contributed by atoms with Gasteiger partial charge >= 0.3 is 0 Å². The number of hydrogen-bond acceptors (Lipinski definition) is 5. The molecule has 0 spiro atoms. The minimum absolute atomic E-state index is 0.117. The van der Waals surface area contributed by atoms with E-state index in [0.29, 0.717) is 11.5 Å². The standard InChI is InChI=1S/C16H12N4O2S2/c21-24(22,15-8-6-13(7-9-15)17-12-23)19-16-10-11-18-20(16)14-4-2-1-3-5-14/h1-11,19H. The number of thiocarbonyl (C=S) groups is 1. The lowest BCUT2D eigenvalue weighted by atomic mass is 10.3. The second-order valence-corrected chi connectivity index (χ2v) is 6.63. The highest BCUT2D eigenvalue weighted by molar-refractivity contribution is 7.92. The maximum absolute atomic E-state index is 12.5. The first kappa shape index (κ1) is 16.1. The molecule has 2 aromatic carbocycles. The van der Waals surface area contributed by atoms with E-state index in [2.05, 4.69) is 32.2 Å². The fraction of sp³-hybridized carbons (Fsp3) is 0. The molecule has 0 saturated heterocycles. The van der Waals surface area contributed by atoms with Gasteiger partial charge in [-0.15, -0.1) is 0 Å². The SMILES string of the molecule is O=S(=O)(Nc1ccnn1-c1ccccc1)c1ccc(N=C=S)cc1. The van der Waals surface area contributed by atoms with Crippen molar-refractivity contribution in [1.82, 2.24) is 9.78 Å². The van der Waals surface area contributed by atoms with Crippen LogP contribution < -0.4 is 4.72 Å². The number of aromatic nitrogens is 2. The van der Waals surface area contributed by atoms with E-state index in [1.165, 1.54) is 23.0 Å². The molecule has 0 aliphatic carbocycles. The van der Waals surface area contributed by atoms with Crippen molar-refractivity contribution < 1.29 is 8.42 Å². The number of hydrogen-bond donors (Lipinski definition) is 1. The van der Waals surface area contributed by atoms with E-state index >= 15 is 0 Å². The Morgan fingerprint density at radius 3 is 2.42 bits per heavy atom. The van der Waals surface area contributed by atoms with E-state index in [4.69, 9.17) is 0 Å². The van der Waals surface area contributed by atoms with Crippen molar-refractivity contribution in [3.63, 3.8) is 0 Å². The first-order chi connectivity index (χ1) is 11.6. The van der Waals surface area contributed by atoms with Crippen LogP contribution in [0.1, 0.15) is 0 Å². The average molecular weight is 356 g/mol. The second-order valence-electron chi connectivity index (χ2n) is 4.77. The summed E-state index contributed by atoms with van der Waals surface area (Å²) in [6, 6.07) is 16.9. The van der Waals surface area contributed by atoms with Crippen molar-refractivity contribution in [2.75, 3.05) is 4.72 Å². The normalized spacial score (nSPS) is 10.8. The largest absolute Gasteiger partial charge is 0.263 e. The Kier molecular flexibility index (Phi) is 4.52. The van der Waals surface area contributed by atoms with Crippen LogP contribution in [0.4, 0.5) is 11.5 Å². The molecule has 1 aromatic heterocycles.